The zero-order valence-electron chi connectivity index (χ0n) is 11.3. The smallest absolute Gasteiger partial charge is 0.271 e. The number of non-ortho nitro benzene ring substituents is 1. The van der Waals surface area contributed by atoms with Gasteiger partial charge in [-0.05, 0) is 24.7 Å². The number of nitrogens with zero attached hydrogens (tertiary/aromatic N) is 1. The van der Waals surface area contributed by atoms with Crippen molar-refractivity contribution in [2.75, 3.05) is 18.0 Å². The molecular formula is C12H17N3O4S2. The van der Waals surface area contributed by atoms with Gasteiger partial charge < -0.3 is 5.73 Å². The minimum absolute atomic E-state index is 0.117. The molecule has 2 rings (SSSR count). The van der Waals surface area contributed by atoms with Crippen LogP contribution in [-0.4, -0.2) is 30.9 Å². The maximum Gasteiger partial charge on any atom is 0.271 e. The number of rotatable bonds is 5. The van der Waals surface area contributed by atoms with Crippen LogP contribution in [0.5, 0.6) is 0 Å². The van der Waals surface area contributed by atoms with Crippen LogP contribution in [0.25, 0.3) is 0 Å². The molecule has 1 aromatic rings. The largest absolute Gasteiger partial charge is 0.397 e. The minimum Gasteiger partial charge on any atom is -0.397 e. The number of hydrogen-bond acceptors (Lipinski definition) is 6. The van der Waals surface area contributed by atoms with Gasteiger partial charge in [-0.1, -0.05) is 6.42 Å². The van der Waals surface area contributed by atoms with Gasteiger partial charge in [-0.15, -0.1) is 0 Å². The molecule has 3 N–H and O–H groups in total. The van der Waals surface area contributed by atoms with Crippen LogP contribution in [0.4, 0.5) is 11.4 Å². The molecule has 1 unspecified atom stereocenters. The van der Waals surface area contributed by atoms with Crippen molar-refractivity contribution in [3.05, 3.63) is 28.3 Å². The van der Waals surface area contributed by atoms with Crippen molar-refractivity contribution in [3.8, 4) is 0 Å². The number of nitro groups is 1. The Hall–Kier alpha value is -1.32. The van der Waals surface area contributed by atoms with Crippen LogP contribution < -0.4 is 10.5 Å². The summed E-state index contributed by atoms with van der Waals surface area (Å²) in [5.41, 5.74) is 5.28. The number of anilines is 1. The standard InChI is InChI=1S/C12H17N3O4S2/c13-11-7-9(15(16)17)4-5-12(11)21(18,19)14-8-10-3-1-2-6-20-10/h4-5,7,10,14H,1-3,6,8,13H2. The number of nitrogen functional groups attached to an aromatic ring is 1. The molecule has 1 atom stereocenters. The van der Waals surface area contributed by atoms with E-state index < -0.39 is 14.9 Å². The van der Waals surface area contributed by atoms with Crippen molar-refractivity contribution in [2.24, 2.45) is 0 Å². The van der Waals surface area contributed by atoms with Gasteiger partial charge in [0.15, 0.2) is 0 Å². The Morgan fingerprint density at radius 3 is 2.76 bits per heavy atom. The summed E-state index contributed by atoms with van der Waals surface area (Å²) in [6.45, 7) is 0.351. The van der Waals surface area contributed by atoms with Gasteiger partial charge in [0.2, 0.25) is 10.0 Å². The van der Waals surface area contributed by atoms with Crippen molar-refractivity contribution in [3.63, 3.8) is 0 Å². The number of nitrogens with two attached hydrogens (primary N) is 1. The van der Waals surface area contributed by atoms with E-state index in [1.54, 1.807) is 11.8 Å². The molecule has 0 saturated carbocycles. The van der Waals surface area contributed by atoms with Gasteiger partial charge in [0.1, 0.15) is 4.90 Å². The molecule has 1 aliphatic heterocycles. The molecule has 1 saturated heterocycles. The van der Waals surface area contributed by atoms with E-state index in [2.05, 4.69) is 4.72 Å². The van der Waals surface area contributed by atoms with Gasteiger partial charge in [0, 0.05) is 23.9 Å². The second-order valence-corrected chi connectivity index (χ2v) is 7.96. The van der Waals surface area contributed by atoms with E-state index in [0.717, 1.165) is 30.7 Å². The summed E-state index contributed by atoms with van der Waals surface area (Å²) in [7, 11) is -3.74. The Labute approximate surface area is 127 Å². The first kappa shape index (κ1) is 16.1. The third-order valence-electron chi connectivity index (χ3n) is 3.27. The van der Waals surface area contributed by atoms with E-state index in [1.165, 1.54) is 12.5 Å². The highest BCUT2D eigenvalue weighted by molar-refractivity contribution is 8.00. The average Bonchev–Trinajstić information content (AvgIpc) is 2.46. The average molecular weight is 331 g/mol. The van der Waals surface area contributed by atoms with Gasteiger partial charge >= 0.3 is 0 Å². The number of nitrogens with one attached hydrogen (secondary N) is 1. The molecule has 1 fully saturated rings. The molecule has 0 aromatic heterocycles. The molecule has 1 aromatic carbocycles. The van der Waals surface area contributed by atoms with Crippen LogP contribution in [-0.2, 0) is 10.0 Å². The normalized spacial score (nSPS) is 19.3. The van der Waals surface area contributed by atoms with Crippen molar-refractivity contribution in [1.82, 2.24) is 4.72 Å². The Bertz CT molecular complexity index is 627. The van der Waals surface area contributed by atoms with Crippen molar-refractivity contribution >= 4 is 33.2 Å². The van der Waals surface area contributed by atoms with Gasteiger partial charge in [-0.25, -0.2) is 13.1 Å². The minimum atomic E-state index is -3.74. The Morgan fingerprint density at radius 2 is 2.19 bits per heavy atom. The molecule has 9 heteroatoms. The Morgan fingerprint density at radius 1 is 1.43 bits per heavy atom. The summed E-state index contributed by atoms with van der Waals surface area (Å²) in [5.74, 6) is 1.05. The Kier molecular flexibility index (Phi) is 5.07. The number of thioether (sulfide) groups is 1. The van der Waals surface area contributed by atoms with E-state index >= 15 is 0 Å². The fourth-order valence-corrected chi connectivity index (χ4v) is 4.68. The van der Waals surface area contributed by atoms with Gasteiger partial charge in [-0.2, -0.15) is 11.8 Å². The lowest BCUT2D eigenvalue weighted by atomic mass is 10.2. The highest BCUT2D eigenvalue weighted by Gasteiger charge is 2.22. The quantitative estimate of drug-likeness (QED) is 0.482. The lowest BCUT2D eigenvalue weighted by Gasteiger charge is -2.21. The third kappa shape index (κ3) is 4.08. The molecule has 1 heterocycles. The lowest BCUT2D eigenvalue weighted by Crippen LogP contribution is -2.32. The second-order valence-electron chi connectivity index (χ2n) is 4.82. The topological polar surface area (TPSA) is 115 Å². The molecule has 0 aliphatic carbocycles. The van der Waals surface area contributed by atoms with Crippen molar-refractivity contribution < 1.29 is 13.3 Å². The molecule has 0 spiro atoms. The zero-order valence-corrected chi connectivity index (χ0v) is 13.0. The van der Waals surface area contributed by atoms with E-state index in [0.29, 0.717) is 6.54 Å². The highest BCUT2D eigenvalue weighted by Crippen LogP contribution is 2.26. The fraction of sp³-hybridized carbons (Fsp3) is 0.500. The van der Waals surface area contributed by atoms with Crippen LogP contribution in [0, 0.1) is 10.1 Å². The SMILES string of the molecule is Nc1cc([N+](=O)[O-])ccc1S(=O)(=O)NCC1CCCCS1. The number of benzene rings is 1. The van der Waals surface area contributed by atoms with Crippen LogP contribution in [0.3, 0.4) is 0 Å². The summed E-state index contributed by atoms with van der Waals surface area (Å²) in [6.07, 6.45) is 3.27. The summed E-state index contributed by atoms with van der Waals surface area (Å²) < 4.78 is 26.9. The number of hydrogen-bond donors (Lipinski definition) is 2. The summed E-state index contributed by atoms with van der Waals surface area (Å²) in [4.78, 5) is 9.90. The lowest BCUT2D eigenvalue weighted by molar-refractivity contribution is -0.384. The predicted octanol–water partition coefficient (Wildman–Crippen LogP) is 1.74. The molecule has 0 radical (unpaired) electrons. The van der Waals surface area contributed by atoms with Gasteiger partial charge in [0.25, 0.3) is 5.69 Å². The molecule has 0 amide bonds. The van der Waals surface area contributed by atoms with Crippen LogP contribution in [0.15, 0.2) is 23.1 Å². The van der Waals surface area contributed by atoms with Gasteiger partial charge in [-0.3, -0.25) is 10.1 Å². The van der Waals surface area contributed by atoms with E-state index in [1.807, 2.05) is 0 Å². The van der Waals surface area contributed by atoms with Crippen molar-refractivity contribution in [1.29, 1.82) is 0 Å². The number of sulfonamides is 1. The third-order valence-corrected chi connectivity index (χ3v) is 6.16. The summed E-state index contributed by atoms with van der Waals surface area (Å²) in [6, 6.07) is 3.37. The first-order valence-electron chi connectivity index (χ1n) is 6.55. The van der Waals surface area contributed by atoms with Gasteiger partial charge in [0.05, 0.1) is 10.6 Å². The highest BCUT2D eigenvalue weighted by atomic mass is 32.2. The summed E-state index contributed by atoms with van der Waals surface area (Å²) in [5, 5.41) is 10.9. The predicted molar refractivity (Wildman–Crippen MR) is 82.8 cm³/mol. The fourth-order valence-electron chi connectivity index (χ4n) is 2.14. The van der Waals surface area contributed by atoms with E-state index in [4.69, 9.17) is 5.73 Å². The zero-order chi connectivity index (χ0) is 15.5. The van der Waals surface area contributed by atoms with Crippen LogP contribution in [0.1, 0.15) is 19.3 Å². The molecular weight excluding hydrogens is 314 g/mol. The Balaban J connectivity index is 2.10. The van der Waals surface area contributed by atoms with E-state index in [9.17, 15) is 18.5 Å². The second kappa shape index (κ2) is 6.63. The van der Waals surface area contributed by atoms with E-state index in [-0.39, 0.29) is 21.5 Å². The number of nitro benzene ring substituents is 1. The first-order chi connectivity index (χ1) is 9.90. The molecule has 1 aliphatic rings. The van der Waals surface area contributed by atoms with Crippen molar-refractivity contribution in [2.45, 2.75) is 29.4 Å². The molecule has 0 bridgehead atoms. The van der Waals surface area contributed by atoms with Crippen LogP contribution in [0.2, 0.25) is 0 Å². The summed E-state index contributed by atoms with van der Waals surface area (Å²) >= 11 is 1.76. The maximum absolute atomic E-state index is 12.2. The van der Waals surface area contributed by atoms with Crippen LogP contribution >= 0.6 is 11.8 Å². The molecule has 21 heavy (non-hydrogen) atoms. The first-order valence-corrected chi connectivity index (χ1v) is 9.08. The maximum atomic E-state index is 12.2. The monoisotopic (exact) mass is 331 g/mol. The molecule has 116 valence electrons. The molecule has 7 nitrogen and oxygen atoms in total.